The minimum Gasteiger partial charge on any atom is -0.481 e. The molecule has 35 heavy (non-hydrogen) atoms. The number of rotatable bonds is 8. The summed E-state index contributed by atoms with van der Waals surface area (Å²) in [6.07, 6.45) is 1.02. The Bertz CT molecular complexity index is 1220. The maximum absolute atomic E-state index is 12.4. The molecule has 1 saturated carbocycles. The number of carbonyl (C=O) groups is 3. The fourth-order valence-electron chi connectivity index (χ4n) is 4.88. The van der Waals surface area contributed by atoms with Gasteiger partial charge in [0, 0.05) is 23.8 Å². The van der Waals surface area contributed by atoms with Crippen LogP contribution in [-0.4, -0.2) is 40.7 Å². The second kappa shape index (κ2) is 9.87. The molecule has 0 spiro atoms. The van der Waals surface area contributed by atoms with Crippen molar-refractivity contribution in [2.24, 2.45) is 5.92 Å². The molecule has 0 bridgehead atoms. The van der Waals surface area contributed by atoms with E-state index in [1.54, 1.807) is 5.38 Å². The fraction of sp³-hybridized carbons (Fsp3) is 0.308. The Morgan fingerprint density at radius 3 is 2.34 bits per heavy atom. The average Bonchev–Trinajstić information content (AvgIpc) is 3.37. The Labute approximate surface area is 206 Å². The molecule has 5 rings (SSSR count). The predicted octanol–water partition coefficient (Wildman–Crippen LogP) is 4.42. The number of aromatic nitrogens is 1. The van der Waals surface area contributed by atoms with Gasteiger partial charge in [-0.3, -0.25) is 14.9 Å². The highest BCUT2D eigenvalue weighted by Crippen LogP contribution is 2.44. The number of amides is 2. The topological polar surface area (TPSA) is 118 Å². The van der Waals surface area contributed by atoms with Gasteiger partial charge in [0.1, 0.15) is 6.61 Å². The number of aliphatic carboxylic acids is 1. The molecule has 180 valence electrons. The molecule has 0 unspecified atom stereocenters. The van der Waals surface area contributed by atoms with Crippen LogP contribution in [-0.2, 0) is 20.7 Å². The molecule has 2 aliphatic rings. The van der Waals surface area contributed by atoms with Crippen molar-refractivity contribution in [3.05, 3.63) is 70.7 Å². The van der Waals surface area contributed by atoms with Crippen LogP contribution >= 0.6 is 11.3 Å². The number of carboxylic acids is 1. The number of thiazole rings is 1. The molecule has 8 nitrogen and oxygen atoms in total. The second-order valence-electron chi connectivity index (χ2n) is 8.97. The van der Waals surface area contributed by atoms with Gasteiger partial charge in [-0.25, -0.2) is 9.78 Å². The van der Waals surface area contributed by atoms with Crippen LogP contribution in [0, 0.1) is 5.92 Å². The van der Waals surface area contributed by atoms with Crippen LogP contribution in [0.3, 0.4) is 0 Å². The average molecular weight is 492 g/mol. The predicted molar refractivity (Wildman–Crippen MR) is 131 cm³/mol. The summed E-state index contributed by atoms with van der Waals surface area (Å²) in [5.74, 6) is -0.865. The van der Waals surface area contributed by atoms with Gasteiger partial charge >= 0.3 is 12.1 Å². The summed E-state index contributed by atoms with van der Waals surface area (Å²) in [4.78, 5) is 39.7. The van der Waals surface area contributed by atoms with Crippen LogP contribution in [0.25, 0.3) is 11.1 Å². The molecule has 3 aromatic rings. The van der Waals surface area contributed by atoms with E-state index >= 15 is 0 Å². The van der Waals surface area contributed by atoms with Gasteiger partial charge in [0.25, 0.3) is 0 Å². The van der Waals surface area contributed by atoms with Crippen LogP contribution in [0.2, 0.25) is 0 Å². The molecular formula is C26H25N3O5S. The van der Waals surface area contributed by atoms with Crippen LogP contribution < -0.4 is 10.6 Å². The molecule has 0 atom stereocenters. The summed E-state index contributed by atoms with van der Waals surface area (Å²) in [6, 6.07) is 16.3. The molecule has 0 aliphatic heterocycles. The zero-order valence-electron chi connectivity index (χ0n) is 18.9. The van der Waals surface area contributed by atoms with E-state index in [2.05, 4.69) is 39.9 Å². The summed E-state index contributed by atoms with van der Waals surface area (Å²) < 4.78 is 5.54. The van der Waals surface area contributed by atoms with E-state index in [0.29, 0.717) is 23.7 Å². The van der Waals surface area contributed by atoms with Crippen LogP contribution in [0.5, 0.6) is 0 Å². The fourth-order valence-corrected chi connectivity index (χ4v) is 5.57. The Morgan fingerprint density at radius 1 is 1.03 bits per heavy atom. The monoisotopic (exact) mass is 491 g/mol. The SMILES string of the molecule is O=C(O)CC1CC(NC(=O)Cc2csc(NC(=O)OCC3c4ccccc4-c4ccccc43)n2)C1. The summed E-state index contributed by atoms with van der Waals surface area (Å²) in [5, 5.41) is 16.5. The van der Waals surface area contributed by atoms with E-state index in [0.717, 1.165) is 11.1 Å². The number of benzene rings is 2. The highest BCUT2D eigenvalue weighted by atomic mass is 32.1. The quantitative estimate of drug-likeness (QED) is 0.430. The first-order valence-electron chi connectivity index (χ1n) is 11.5. The maximum atomic E-state index is 12.4. The standard InChI is InChI=1S/C26H25N3O5S/c30-23(27-16-9-15(10-16)11-24(31)32)12-17-14-35-25(28-17)29-26(33)34-13-22-20-7-3-1-5-18(20)19-6-2-4-8-21(19)22/h1-8,14-16,22H,9-13H2,(H,27,30)(H,31,32)(H,28,29,33). The summed E-state index contributed by atoms with van der Waals surface area (Å²) in [6.45, 7) is 0.213. The zero-order chi connectivity index (χ0) is 24.4. The third-order valence-electron chi connectivity index (χ3n) is 6.51. The van der Waals surface area contributed by atoms with Gasteiger partial charge in [0.05, 0.1) is 12.1 Å². The van der Waals surface area contributed by atoms with Crippen molar-refractivity contribution in [1.82, 2.24) is 10.3 Å². The van der Waals surface area contributed by atoms with Crippen molar-refractivity contribution in [3.8, 4) is 11.1 Å². The third kappa shape index (κ3) is 5.19. The number of ether oxygens (including phenoxy) is 1. The van der Waals surface area contributed by atoms with Crippen LogP contribution in [0.15, 0.2) is 53.9 Å². The number of fused-ring (bicyclic) bond motifs is 3. The van der Waals surface area contributed by atoms with Crippen molar-refractivity contribution in [2.75, 3.05) is 11.9 Å². The summed E-state index contributed by atoms with van der Waals surface area (Å²) in [7, 11) is 0. The summed E-state index contributed by atoms with van der Waals surface area (Å²) >= 11 is 1.23. The highest BCUT2D eigenvalue weighted by Gasteiger charge is 2.32. The van der Waals surface area contributed by atoms with Crippen molar-refractivity contribution in [2.45, 2.75) is 37.6 Å². The van der Waals surface area contributed by atoms with Gasteiger partial charge in [-0.15, -0.1) is 11.3 Å². The minimum atomic E-state index is -0.807. The van der Waals surface area contributed by atoms with Crippen LogP contribution in [0.1, 0.15) is 42.0 Å². The van der Waals surface area contributed by atoms with Crippen molar-refractivity contribution in [1.29, 1.82) is 0 Å². The highest BCUT2D eigenvalue weighted by molar-refractivity contribution is 7.13. The number of hydrogen-bond acceptors (Lipinski definition) is 6. The second-order valence-corrected chi connectivity index (χ2v) is 9.83. The van der Waals surface area contributed by atoms with Gasteiger partial charge in [0.15, 0.2) is 5.13 Å². The lowest BCUT2D eigenvalue weighted by atomic mass is 9.78. The van der Waals surface area contributed by atoms with Gasteiger partial charge in [-0.05, 0) is 41.0 Å². The molecule has 9 heteroatoms. The molecule has 0 saturated heterocycles. The molecule has 0 radical (unpaired) electrons. The first-order chi connectivity index (χ1) is 17.0. The third-order valence-corrected chi connectivity index (χ3v) is 7.32. The molecule has 3 N–H and O–H groups in total. The Balaban J connectivity index is 1.10. The number of hydrogen-bond donors (Lipinski definition) is 3. The van der Waals surface area contributed by atoms with E-state index in [1.807, 2.05) is 24.3 Å². The van der Waals surface area contributed by atoms with Crippen LogP contribution in [0.4, 0.5) is 9.93 Å². The lowest BCUT2D eigenvalue weighted by Gasteiger charge is -2.34. The molecule has 1 aromatic heterocycles. The maximum Gasteiger partial charge on any atom is 0.413 e. The Morgan fingerprint density at radius 2 is 1.69 bits per heavy atom. The lowest BCUT2D eigenvalue weighted by molar-refractivity contribution is -0.138. The molecule has 2 amide bonds. The van der Waals surface area contributed by atoms with Crippen molar-refractivity contribution < 1.29 is 24.2 Å². The molecule has 1 fully saturated rings. The smallest absolute Gasteiger partial charge is 0.413 e. The van der Waals surface area contributed by atoms with E-state index in [1.165, 1.54) is 22.5 Å². The Kier molecular flexibility index (Phi) is 6.50. The number of carboxylic acid groups (broad SMARTS) is 1. The van der Waals surface area contributed by atoms with E-state index in [9.17, 15) is 14.4 Å². The van der Waals surface area contributed by atoms with Crippen molar-refractivity contribution in [3.63, 3.8) is 0 Å². The largest absolute Gasteiger partial charge is 0.481 e. The van der Waals surface area contributed by atoms with Gasteiger partial charge < -0.3 is 15.2 Å². The summed E-state index contributed by atoms with van der Waals surface area (Å²) in [5.41, 5.74) is 5.18. The van der Waals surface area contributed by atoms with Crippen molar-refractivity contribution >= 4 is 34.4 Å². The lowest BCUT2D eigenvalue weighted by Crippen LogP contribution is -2.45. The number of anilines is 1. The van der Waals surface area contributed by atoms with Gasteiger partial charge in [-0.2, -0.15) is 0 Å². The minimum absolute atomic E-state index is 0.0175. The molecule has 2 aromatic carbocycles. The molecule has 1 heterocycles. The first kappa shape index (κ1) is 23.0. The van der Waals surface area contributed by atoms with Gasteiger partial charge in [-0.1, -0.05) is 48.5 Å². The van der Waals surface area contributed by atoms with E-state index in [4.69, 9.17) is 9.84 Å². The Hall–Kier alpha value is -3.72. The zero-order valence-corrected chi connectivity index (χ0v) is 19.7. The first-order valence-corrected chi connectivity index (χ1v) is 12.4. The van der Waals surface area contributed by atoms with E-state index in [-0.39, 0.29) is 43.2 Å². The van der Waals surface area contributed by atoms with Gasteiger partial charge in [0.2, 0.25) is 5.91 Å². The number of carbonyl (C=O) groups excluding carboxylic acids is 2. The van der Waals surface area contributed by atoms with E-state index < -0.39 is 12.1 Å². The molecular weight excluding hydrogens is 466 g/mol. The normalized spacial score (nSPS) is 18.2. The number of nitrogens with one attached hydrogen (secondary N) is 2. The molecule has 2 aliphatic carbocycles. The number of nitrogens with zero attached hydrogens (tertiary/aromatic N) is 1.